The number of carbonyl (C=O) groups is 3. The first-order valence-electron chi connectivity index (χ1n) is 7.90. The van der Waals surface area contributed by atoms with Gasteiger partial charge in [-0.3, -0.25) is 14.4 Å². The highest BCUT2D eigenvalue weighted by Gasteiger charge is 2.23. The minimum Gasteiger partial charge on any atom is -0.481 e. The van der Waals surface area contributed by atoms with Gasteiger partial charge in [0, 0.05) is 4.90 Å². The lowest BCUT2D eigenvalue weighted by Crippen LogP contribution is -2.46. The van der Waals surface area contributed by atoms with Gasteiger partial charge in [-0.25, -0.2) is 0 Å². The van der Waals surface area contributed by atoms with Crippen molar-refractivity contribution in [3.8, 4) is 0 Å². The fourth-order valence-electron chi connectivity index (χ4n) is 2.30. The molecule has 2 amide bonds. The number of nitrogens with one attached hydrogen (secondary N) is 2. The van der Waals surface area contributed by atoms with Crippen LogP contribution in [0.15, 0.2) is 52.2 Å². The second-order valence-electron chi connectivity index (χ2n) is 5.64. The number of rotatable bonds is 8. The molecule has 2 rings (SSSR count). The van der Waals surface area contributed by atoms with E-state index in [2.05, 4.69) is 10.6 Å². The summed E-state index contributed by atoms with van der Waals surface area (Å²) in [5, 5.41) is 14.4. The number of amides is 2. The Labute approximate surface area is 155 Å². The first-order chi connectivity index (χ1) is 12.4. The van der Waals surface area contributed by atoms with Crippen molar-refractivity contribution in [3.63, 3.8) is 0 Å². The van der Waals surface area contributed by atoms with Crippen molar-refractivity contribution in [1.29, 1.82) is 0 Å². The summed E-state index contributed by atoms with van der Waals surface area (Å²) in [6, 6.07) is 7.27. The maximum absolute atomic E-state index is 12.4. The Morgan fingerprint density at radius 1 is 1.15 bits per heavy atom. The molecule has 0 saturated heterocycles. The summed E-state index contributed by atoms with van der Waals surface area (Å²) in [6.07, 6.45) is 4.32. The van der Waals surface area contributed by atoms with Crippen LogP contribution in [0, 0.1) is 0 Å². The summed E-state index contributed by atoms with van der Waals surface area (Å²) in [5.74, 6) is -1.94. The first-order valence-corrected chi connectivity index (χ1v) is 9.12. The lowest BCUT2D eigenvalue weighted by atomic mass is 10.0. The molecule has 2 atom stereocenters. The molecule has 0 radical (unpaired) electrons. The predicted molar refractivity (Wildman–Crippen MR) is 97.0 cm³/mol. The van der Waals surface area contributed by atoms with E-state index in [-0.39, 0.29) is 6.42 Å². The number of carboxylic acid groups (broad SMARTS) is 1. The number of furan rings is 1. The molecule has 26 heavy (non-hydrogen) atoms. The predicted octanol–water partition coefficient (Wildman–Crippen LogP) is 2.45. The van der Waals surface area contributed by atoms with Gasteiger partial charge < -0.3 is 20.2 Å². The molecule has 0 aliphatic heterocycles. The van der Waals surface area contributed by atoms with E-state index < -0.39 is 29.9 Å². The Balaban J connectivity index is 2.04. The molecule has 1 aromatic heterocycles. The Bertz CT molecular complexity index is 758. The number of benzene rings is 1. The molecule has 138 valence electrons. The van der Waals surface area contributed by atoms with Crippen LogP contribution in [0.2, 0.25) is 0 Å². The second kappa shape index (κ2) is 9.10. The fraction of sp³-hybridized carbons (Fsp3) is 0.278. The number of carboxylic acids is 1. The van der Waals surface area contributed by atoms with Crippen molar-refractivity contribution >= 4 is 29.5 Å². The van der Waals surface area contributed by atoms with Crippen molar-refractivity contribution in [2.24, 2.45) is 0 Å². The van der Waals surface area contributed by atoms with Gasteiger partial charge in [-0.15, -0.1) is 11.8 Å². The highest BCUT2D eigenvalue weighted by Crippen LogP contribution is 2.21. The highest BCUT2D eigenvalue weighted by atomic mass is 32.2. The lowest BCUT2D eigenvalue weighted by Gasteiger charge is -2.21. The molecule has 8 heteroatoms. The normalized spacial score (nSPS) is 12.8. The van der Waals surface area contributed by atoms with Crippen LogP contribution in [0.3, 0.4) is 0 Å². The molecule has 0 saturated carbocycles. The zero-order chi connectivity index (χ0) is 19.1. The number of aliphatic carboxylic acids is 1. The average Bonchev–Trinajstić information content (AvgIpc) is 3.15. The van der Waals surface area contributed by atoms with Crippen LogP contribution in [0.5, 0.6) is 0 Å². The third-order valence-corrected chi connectivity index (χ3v) is 4.48. The molecular formula is C18H20N2O5S. The van der Waals surface area contributed by atoms with Crippen molar-refractivity contribution in [2.45, 2.75) is 30.3 Å². The molecule has 7 nitrogen and oxygen atoms in total. The van der Waals surface area contributed by atoms with E-state index in [1.165, 1.54) is 25.5 Å². The smallest absolute Gasteiger partial charge is 0.305 e. The van der Waals surface area contributed by atoms with Gasteiger partial charge in [0.1, 0.15) is 12.3 Å². The van der Waals surface area contributed by atoms with Crippen molar-refractivity contribution < 1.29 is 23.9 Å². The minimum absolute atomic E-state index is 0.257. The molecule has 3 N–H and O–H groups in total. The maximum Gasteiger partial charge on any atom is 0.305 e. The van der Waals surface area contributed by atoms with Crippen molar-refractivity contribution in [1.82, 2.24) is 10.6 Å². The van der Waals surface area contributed by atoms with E-state index in [1.54, 1.807) is 23.9 Å². The lowest BCUT2D eigenvalue weighted by molar-refractivity contribution is -0.137. The van der Waals surface area contributed by atoms with Gasteiger partial charge in [0.25, 0.3) is 5.91 Å². The fourth-order valence-corrected chi connectivity index (χ4v) is 2.71. The van der Waals surface area contributed by atoms with Gasteiger partial charge in [-0.1, -0.05) is 12.1 Å². The maximum atomic E-state index is 12.4. The zero-order valence-corrected chi connectivity index (χ0v) is 15.2. The molecule has 0 spiro atoms. The summed E-state index contributed by atoms with van der Waals surface area (Å²) in [5.41, 5.74) is 0.992. The van der Waals surface area contributed by atoms with E-state index in [1.807, 2.05) is 18.4 Å². The largest absolute Gasteiger partial charge is 0.481 e. The molecule has 0 aliphatic carbocycles. The van der Waals surface area contributed by atoms with Crippen LogP contribution in [0.25, 0.3) is 0 Å². The second-order valence-corrected chi connectivity index (χ2v) is 6.52. The van der Waals surface area contributed by atoms with Gasteiger partial charge >= 0.3 is 5.97 Å². The van der Waals surface area contributed by atoms with Crippen molar-refractivity contribution in [2.75, 3.05) is 6.26 Å². The van der Waals surface area contributed by atoms with E-state index in [4.69, 9.17) is 9.52 Å². The van der Waals surface area contributed by atoms with Crippen LogP contribution in [0.1, 0.15) is 35.3 Å². The summed E-state index contributed by atoms with van der Waals surface area (Å²) < 4.78 is 4.83. The minimum atomic E-state index is -1.03. The first kappa shape index (κ1) is 19.6. The van der Waals surface area contributed by atoms with Gasteiger partial charge in [-0.05, 0) is 36.9 Å². The Kier molecular flexibility index (Phi) is 6.85. The average molecular weight is 376 g/mol. The molecule has 2 aromatic rings. The van der Waals surface area contributed by atoms with E-state index >= 15 is 0 Å². The SMILES string of the molecule is CSc1ccc(C(CC(=O)O)NC(=O)C(C)NC(=O)c2ccoc2)cc1. The summed E-state index contributed by atoms with van der Waals surface area (Å²) in [4.78, 5) is 36.6. The molecule has 0 fully saturated rings. The zero-order valence-electron chi connectivity index (χ0n) is 14.4. The number of thioether (sulfide) groups is 1. The van der Waals surface area contributed by atoms with Gasteiger partial charge in [0.15, 0.2) is 0 Å². The third kappa shape index (κ3) is 5.38. The van der Waals surface area contributed by atoms with Crippen LogP contribution in [-0.4, -0.2) is 35.2 Å². The summed E-state index contributed by atoms with van der Waals surface area (Å²) in [6.45, 7) is 1.53. The topological polar surface area (TPSA) is 109 Å². The quantitative estimate of drug-likeness (QED) is 0.611. The number of carbonyl (C=O) groups excluding carboxylic acids is 2. The molecule has 0 bridgehead atoms. The van der Waals surface area contributed by atoms with Crippen LogP contribution in [-0.2, 0) is 9.59 Å². The van der Waals surface area contributed by atoms with Gasteiger partial charge in [-0.2, -0.15) is 0 Å². The monoisotopic (exact) mass is 376 g/mol. The van der Waals surface area contributed by atoms with E-state index in [0.29, 0.717) is 11.1 Å². The molecule has 1 aromatic carbocycles. The van der Waals surface area contributed by atoms with Crippen LogP contribution >= 0.6 is 11.8 Å². The molecule has 1 heterocycles. The van der Waals surface area contributed by atoms with Crippen molar-refractivity contribution in [3.05, 3.63) is 54.0 Å². The van der Waals surface area contributed by atoms with Gasteiger partial charge in [0.2, 0.25) is 5.91 Å². The number of hydrogen-bond donors (Lipinski definition) is 3. The van der Waals surface area contributed by atoms with Crippen LogP contribution in [0.4, 0.5) is 0 Å². The Morgan fingerprint density at radius 2 is 1.85 bits per heavy atom. The molecule has 0 aliphatic rings. The Morgan fingerprint density at radius 3 is 2.38 bits per heavy atom. The molecule has 2 unspecified atom stereocenters. The van der Waals surface area contributed by atoms with E-state index in [9.17, 15) is 14.4 Å². The Hall–Kier alpha value is -2.74. The van der Waals surface area contributed by atoms with E-state index in [0.717, 1.165) is 4.90 Å². The standard InChI is InChI=1S/C18H20N2O5S/c1-11(19-18(24)13-7-8-25-10-13)17(23)20-15(9-16(21)22)12-3-5-14(26-2)6-4-12/h3-8,10-11,15H,9H2,1-2H3,(H,19,24)(H,20,23)(H,21,22). The third-order valence-electron chi connectivity index (χ3n) is 3.74. The summed E-state index contributed by atoms with van der Waals surface area (Å²) in [7, 11) is 0. The number of hydrogen-bond acceptors (Lipinski definition) is 5. The van der Waals surface area contributed by atoms with Crippen LogP contribution < -0.4 is 10.6 Å². The van der Waals surface area contributed by atoms with Gasteiger partial charge in [0.05, 0.1) is 24.3 Å². The highest BCUT2D eigenvalue weighted by molar-refractivity contribution is 7.98. The molecular weight excluding hydrogens is 356 g/mol. The summed E-state index contributed by atoms with van der Waals surface area (Å²) >= 11 is 1.57.